The quantitative estimate of drug-likeness (QED) is 0.335. The first-order chi connectivity index (χ1) is 17.9. The SMILES string of the molecule is CC=O.CNc1cc(C(=O)Nc2cc(-c3c(-c4ccc(F)c(C)c4)nc4cccnn34)ccn2)ccn1. The van der Waals surface area contributed by atoms with E-state index in [4.69, 9.17) is 9.78 Å². The van der Waals surface area contributed by atoms with Crippen molar-refractivity contribution >= 4 is 29.5 Å². The summed E-state index contributed by atoms with van der Waals surface area (Å²) < 4.78 is 15.6. The molecule has 0 unspecified atom stereocenters. The number of halogens is 1. The Kier molecular flexibility index (Phi) is 7.58. The Balaban J connectivity index is 0.00000102. The van der Waals surface area contributed by atoms with Gasteiger partial charge in [0.05, 0.1) is 5.69 Å². The number of hydrogen-bond acceptors (Lipinski definition) is 7. The van der Waals surface area contributed by atoms with E-state index in [9.17, 15) is 9.18 Å². The van der Waals surface area contributed by atoms with Gasteiger partial charge in [0.15, 0.2) is 5.65 Å². The summed E-state index contributed by atoms with van der Waals surface area (Å²) in [6, 6.07) is 15.4. The second-order valence-electron chi connectivity index (χ2n) is 7.87. The number of carbonyl (C=O) groups excluding carboxylic acids is 2. The highest BCUT2D eigenvalue weighted by molar-refractivity contribution is 6.04. The maximum absolute atomic E-state index is 13.9. The van der Waals surface area contributed by atoms with Crippen molar-refractivity contribution in [2.75, 3.05) is 17.7 Å². The molecule has 0 spiro atoms. The summed E-state index contributed by atoms with van der Waals surface area (Å²) in [5.74, 6) is 0.371. The van der Waals surface area contributed by atoms with Crippen molar-refractivity contribution in [2.24, 2.45) is 0 Å². The number of amides is 1. The number of aryl methyl sites for hydroxylation is 1. The van der Waals surface area contributed by atoms with Crippen molar-refractivity contribution in [3.05, 3.63) is 90.1 Å². The molecule has 5 rings (SSSR count). The molecular weight excluding hydrogens is 473 g/mol. The molecule has 0 aliphatic heterocycles. The first kappa shape index (κ1) is 25.1. The third kappa shape index (κ3) is 5.48. The molecule has 5 aromatic rings. The lowest BCUT2D eigenvalue weighted by Crippen LogP contribution is -2.13. The van der Waals surface area contributed by atoms with Crippen molar-refractivity contribution < 1.29 is 14.0 Å². The van der Waals surface area contributed by atoms with Crippen molar-refractivity contribution in [3.8, 4) is 22.5 Å². The number of aromatic nitrogens is 5. The zero-order chi connectivity index (χ0) is 26.4. The molecule has 0 radical (unpaired) electrons. The number of nitrogens with one attached hydrogen (secondary N) is 2. The van der Waals surface area contributed by atoms with Gasteiger partial charge in [-0.1, -0.05) is 0 Å². The molecule has 0 saturated carbocycles. The molecule has 0 aliphatic rings. The number of benzene rings is 1. The third-order valence-corrected chi connectivity index (χ3v) is 5.38. The van der Waals surface area contributed by atoms with Crippen LogP contribution in [0.3, 0.4) is 0 Å². The lowest BCUT2D eigenvalue weighted by atomic mass is 10.0. The Morgan fingerprint density at radius 2 is 1.73 bits per heavy atom. The molecule has 186 valence electrons. The minimum atomic E-state index is -0.311. The molecule has 37 heavy (non-hydrogen) atoms. The topological polar surface area (TPSA) is 114 Å². The van der Waals surface area contributed by atoms with Gasteiger partial charge in [-0.25, -0.2) is 23.9 Å². The molecule has 1 amide bonds. The lowest BCUT2D eigenvalue weighted by Gasteiger charge is -2.09. The molecule has 0 bridgehead atoms. The molecule has 0 aliphatic carbocycles. The molecular formula is C27H24FN7O2. The van der Waals surface area contributed by atoms with Crippen molar-refractivity contribution in [2.45, 2.75) is 13.8 Å². The molecule has 2 N–H and O–H groups in total. The number of pyridine rings is 2. The van der Waals surface area contributed by atoms with Crippen LogP contribution in [0.2, 0.25) is 0 Å². The number of hydrogen-bond donors (Lipinski definition) is 2. The predicted octanol–water partition coefficient (Wildman–Crippen LogP) is 4.80. The summed E-state index contributed by atoms with van der Waals surface area (Å²) in [6.07, 6.45) is 5.59. The zero-order valence-electron chi connectivity index (χ0n) is 20.4. The summed E-state index contributed by atoms with van der Waals surface area (Å²) in [5.41, 5.74) is 4.49. The third-order valence-electron chi connectivity index (χ3n) is 5.38. The van der Waals surface area contributed by atoms with Gasteiger partial charge >= 0.3 is 0 Å². The number of aldehydes is 1. The van der Waals surface area contributed by atoms with E-state index in [-0.39, 0.29) is 11.7 Å². The highest BCUT2D eigenvalue weighted by Crippen LogP contribution is 2.33. The second kappa shape index (κ2) is 11.2. The number of carbonyl (C=O) groups is 2. The van der Waals surface area contributed by atoms with Crippen molar-refractivity contribution in [1.29, 1.82) is 0 Å². The summed E-state index contributed by atoms with van der Waals surface area (Å²) >= 11 is 0. The minimum Gasteiger partial charge on any atom is -0.373 e. The standard InChI is InChI=1S/C25H20FN7O.C2H4O/c1-15-12-16(5-6-19(15)26)23-24(33-22(32-23)4-3-9-30-33)17-7-10-29-21(13-17)31-25(34)18-8-11-28-20(14-18)27-2;1-2-3/h3-14H,1-2H3,(H,27,28)(H,29,31,34);2H,1H3. The number of imidazole rings is 1. The van der Waals surface area contributed by atoms with E-state index in [1.54, 1.807) is 73.5 Å². The van der Waals surface area contributed by atoms with E-state index in [0.717, 1.165) is 17.4 Å². The first-order valence-electron chi connectivity index (χ1n) is 11.4. The number of fused-ring (bicyclic) bond motifs is 1. The number of rotatable bonds is 5. The van der Waals surface area contributed by atoms with Crippen LogP contribution in [0.15, 0.2) is 73.2 Å². The first-order valence-corrected chi connectivity index (χ1v) is 11.4. The Morgan fingerprint density at radius 1 is 0.973 bits per heavy atom. The van der Waals surface area contributed by atoms with Crippen LogP contribution in [0.25, 0.3) is 28.2 Å². The van der Waals surface area contributed by atoms with Crippen molar-refractivity contribution in [3.63, 3.8) is 0 Å². The van der Waals surface area contributed by atoms with E-state index in [1.807, 2.05) is 12.1 Å². The molecule has 10 heteroatoms. The maximum Gasteiger partial charge on any atom is 0.257 e. The van der Waals surface area contributed by atoms with Gasteiger partial charge in [-0.3, -0.25) is 4.79 Å². The fraction of sp³-hybridized carbons (Fsp3) is 0.111. The summed E-state index contributed by atoms with van der Waals surface area (Å²) in [4.78, 5) is 34.8. The number of nitrogens with zero attached hydrogens (tertiary/aromatic N) is 5. The van der Waals surface area contributed by atoms with Gasteiger partial charge in [0.25, 0.3) is 5.91 Å². The largest absolute Gasteiger partial charge is 0.373 e. The number of anilines is 2. The average molecular weight is 498 g/mol. The lowest BCUT2D eigenvalue weighted by molar-refractivity contribution is -0.106. The van der Waals surface area contributed by atoms with E-state index in [0.29, 0.717) is 39.8 Å². The minimum absolute atomic E-state index is 0.279. The van der Waals surface area contributed by atoms with Crippen LogP contribution in [0.4, 0.5) is 16.0 Å². The predicted molar refractivity (Wildman–Crippen MR) is 140 cm³/mol. The molecule has 0 saturated heterocycles. The van der Waals surface area contributed by atoms with Gasteiger partial charge in [0.1, 0.15) is 29.4 Å². The average Bonchev–Trinajstić information content (AvgIpc) is 3.30. The molecule has 4 aromatic heterocycles. The van der Waals surface area contributed by atoms with Gasteiger partial charge in [-0.2, -0.15) is 5.10 Å². The van der Waals surface area contributed by atoms with E-state index < -0.39 is 0 Å². The highest BCUT2D eigenvalue weighted by Gasteiger charge is 2.18. The smallest absolute Gasteiger partial charge is 0.257 e. The zero-order valence-corrected chi connectivity index (χ0v) is 20.4. The summed E-state index contributed by atoms with van der Waals surface area (Å²) in [5, 5.41) is 10.2. The molecule has 0 fully saturated rings. The Bertz CT molecular complexity index is 1580. The van der Waals surface area contributed by atoms with Gasteiger partial charge in [-0.15, -0.1) is 0 Å². The fourth-order valence-corrected chi connectivity index (χ4v) is 3.68. The van der Waals surface area contributed by atoms with Crippen LogP contribution >= 0.6 is 0 Å². The van der Waals surface area contributed by atoms with Crippen LogP contribution < -0.4 is 10.6 Å². The van der Waals surface area contributed by atoms with Crippen molar-refractivity contribution in [1.82, 2.24) is 24.6 Å². The Morgan fingerprint density at radius 3 is 2.49 bits per heavy atom. The highest BCUT2D eigenvalue weighted by atomic mass is 19.1. The van der Waals surface area contributed by atoms with Gasteiger partial charge in [-0.05, 0) is 74.0 Å². The normalized spacial score (nSPS) is 10.4. The van der Waals surface area contributed by atoms with E-state index >= 15 is 0 Å². The van der Waals surface area contributed by atoms with E-state index in [2.05, 4.69) is 25.7 Å². The van der Waals surface area contributed by atoms with Crippen LogP contribution in [0.1, 0.15) is 22.8 Å². The maximum atomic E-state index is 13.9. The summed E-state index contributed by atoms with van der Waals surface area (Å²) in [6.45, 7) is 3.16. The fourth-order valence-electron chi connectivity index (χ4n) is 3.68. The monoisotopic (exact) mass is 497 g/mol. The van der Waals surface area contributed by atoms with Gasteiger partial charge < -0.3 is 15.4 Å². The molecule has 4 heterocycles. The van der Waals surface area contributed by atoms with E-state index in [1.165, 1.54) is 13.0 Å². The molecule has 9 nitrogen and oxygen atoms in total. The van der Waals surface area contributed by atoms with Gasteiger partial charge in [0, 0.05) is 42.3 Å². The molecule has 0 atom stereocenters. The van der Waals surface area contributed by atoms with Crippen LogP contribution in [0.5, 0.6) is 0 Å². The Hall–Kier alpha value is -4.99. The van der Waals surface area contributed by atoms with Crippen LogP contribution in [-0.2, 0) is 4.79 Å². The van der Waals surface area contributed by atoms with Gasteiger partial charge in [0.2, 0.25) is 0 Å². The second-order valence-corrected chi connectivity index (χ2v) is 7.87. The molecule has 1 aromatic carbocycles. The van der Waals surface area contributed by atoms with Crippen LogP contribution in [0, 0.1) is 12.7 Å². The summed E-state index contributed by atoms with van der Waals surface area (Å²) in [7, 11) is 1.74. The van der Waals surface area contributed by atoms with Crippen LogP contribution in [-0.4, -0.2) is 43.8 Å². The Labute approximate surface area is 212 Å².